The molecule has 0 radical (unpaired) electrons. The van der Waals surface area contributed by atoms with E-state index in [-0.39, 0.29) is 88.0 Å². The molecule has 0 bridgehead atoms. The molecule has 2 heterocycles. The molecule has 0 aromatic heterocycles. The van der Waals surface area contributed by atoms with Crippen LogP contribution >= 0.6 is 62.0 Å². The van der Waals surface area contributed by atoms with Crippen LogP contribution in [0, 0.1) is 0 Å². The summed E-state index contributed by atoms with van der Waals surface area (Å²) >= 11 is 0. The Hall–Kier alpha value is 0.280. The van der Waals surface area contributed by atoms with Gasteiger partial charge in [-0.1, -0.05) is 0 Å². The van der Waals surface area contributed by atoms with E-state index in [1.807, 2.05) is 0 Å². The highest BCUT2D eigenvalue weighted by atomic mass is 35.5. The first-order chi connectivity index (χ1) is 18.9. The normalized spacial score (nSPS) is 41.8. The highest BCUT2D eigenvalue weighted by Gasteiger charge is 2.52. The Morgan fingerprint density at radius 3 is 1.87 bits per heavy atom. The average molecular weight is 767 g/mol. The lowest BCUT2D eigenvalue weighted by Gasteiger charge is -2.49. The molecular formula is C22H49Cl5N6O12. The fourth-order valence-electron chi connectivity index (χ4n) is 5.11. The van der Waals surface area contributed by atoms with Crippen LogP contribution in [0.1, 0.15) is 12.8 Å². The van der Waals surface area contributed by atoms with Gasteiger partial charge in [0.15, 0.2) is 12.6 Å². The predicted molar refractivity (Wildman–Crippen MR) is 170 cm³/mol. The van der Waals surface area contributed by atoms with Gasteiger partial charge in [0.1, 0.15) is 61.0 Å². The lowest BCUT2D eigenvalue weighted by molar-refractivity contribution is -0.319. The van der Waals surface area contributed by atoms with Gasteiger partial charge in [0.25, 0.3) is 0 Å². The van der Waals surface area contributed by atoms with E-state index in [1.54, 1.807) is 0 Å². The van der Waals surface area contributed by atoms with Crippen molar-refractivity contribution in [3.8, 4) is 0 Å². The quantitative estimate of drug-likeness (QED) is 0.0983. The van der Waals surface area contributed by atoms with Crippen molar-refractivity contribution in [1.82, 2.24) is 5.32 Å². The van der Waals surface area contributed by atoms with Crippen LogP contribution in [0.25, 0.3) is 0 Å². The van der Waals surface area contributed by atoms with E-state index in [9.17, 15) is 40.5 Å². The van der Waals surface area contributed by atoms with Gasteiger partial charge < -0.3 is 88.7 Å². The van der Waals surface area contributed by atoms with Crippen molar-refractivity contribution in [2.24, 2.45) is 28.7 Å². The van der Waals surface area contributed by atoms with Crippen LogP contribution in [0.2, 0.25) is 0 Å². The first-order valence-corrected chi connectivity index (χ1v) is 13.1. The van der Waals surface area contributed by atoms with Crippen LogP contribution in [0.15, 0.2) is 0 Å². The number of rotatable bonds is 10. The maximum absolute atomic E-state index is 12.6. The third-order valence-corrected chi connectivity index (χ3v) is 7.59. The summed E-state index contributed by atoms with van der Waals surface area (Å²) in [6.45, 7) is -0.817. The molecule has 18 N–H and O–H groups in total. The third-order valence-electron chi connectivity index (χ3n) is 7.59. The molecule has 1 amide bonds. The number of carbonyl (C=O) groups is 1. The van der Waals surface area contributed by atoms with Gasteiger partial charge in [0.05, 0.1) is 24.7 Å². The van der Waals surface area contributed by atoms with Crippen molar-refractivity contribution in [2.45, 2.75) is 111 Å². The van der Waals surface area contributed by atoms with Gasteiger partial charge >= 0.3 is 0 Å². The van der Waals surface area contributed by atoms with Crippen LogP contribution < -0.4 is 34.0 Å². The Bertz CT molecular complexity index is 839. The lowest BCUT2D eigenvalue weighted by atomic mass is 9.83. The monoisotopic (exact) mass is 764 g/mol. The molecule has 0 unspecified atom stereocenters. The minimum Gasteiger partial charge on any atom is -0.394 e. The zero-order valence-electron chi connectivity index (χ0n) is 23.9. The van der Waals surface area contributed by atoms with Crippen molar-refractivity contribution in [1.29, 1.82) is 0 Å². The number of ether oxygens (including phenoxy) is 4. The summed E-state index contributed by atoms with van der Waals surface area (Å²) < 4.78 is 22.8. The van der Waals surface area contributed by atoms with E-state index in [0.717, 1.165) is 0 Å². The van der Waals surface area contributed by atoms with Crippen LogP contribution in [0.3, 0.4) is 0 Å². The third kappa shape index (κ3) is 11.4. The summed E-state index contributed by atoms with van der Waals surface area (Å²) in [5.41, 5.74) is 29.2. The zero-order valence-corrected chi connectivity index (χ0v) is 28.0. The molecule has 16 atom stereocenters. The summed E-state index contributed by atoms with van der Waals surface area (Å²) in [5.74, 6) is -0.825. The molecule has 2 aliphatic heterocycles. The predicted octanol–water partition coefficient (Wildman–Crippen LogP) is -6.35. The summed E-state index contributed by atoms with van der Waals surface area (Å²) in [4.78, 5) is 12.6. The van der Waals surface area contributed by atoms with Crippen LogP contribution in [-0.4, -0.2) is 159 Å². The van der Waals surface area contributed by atoms with E-state index >= 15 is 0 Å². The van der Waals surface area contributed by atoms with Crippen molar-refractivity contribution in [2.75, 3.05) is 19.7 Å². The Morgan fingerprint density at radius 2 is 1.33 bits per heavy atom. The standard InChI is InChI=1S/C22H44N6O12.5ClH/c23-2-1-8(30)20(36)28-7-3-6(25)18(39-21-12(27)15(33)14(32)9(4-24)37-21)17(35)19(7)40-22-16(34)11(26)13(31)10(5-29)38-22;;;;;/h6-19,21-22,29-35H,1-5,23-27H2,(H,28,36);5*1H/t6-,7+,8-,9+,10+,11-,12+,13+,14+,15+,16+,17-,18+,19-,21+,22+;;;;;/m0...../s1. The highest BCUT2D eigenvalue weighted by molar-refractivity contribution is 5.86. The number of hydrogen-bond acceptors (Lipinski definition) is 17. The van der Waals surface area contributed by atoms with Gasteiger partial charge in [-0.05, 0) is 19.4 Å². The minimum atomic E-state index is -1.66. The number of nitrogens with two attached hydrogens (primary N) is 5. The molecular weight excluding hydrogens is 718 g/mol. The fraction of sp³-hybridized carbons (Fsp3) is 0.955. The van der Waals surface area contributed by atoms with Crippen LogP contribution in [0.4, 0.5) is 0 Å². The van der Waals surface area contributed by atoms with Crippen molar-refractivity contribution >= 4 is 67.9 Å². The second-order valence-corrected chi connectivity index (χ2v) is 10.4. The molecule has 45 heavy (non-hydrogen) atoms. The molecule has 23 heteroatoms. The van der Waals surface area contributed by atoms with Gasteiger partial charge in [0, 0.05) is 12.6 Å². The average Bonchev–Trinajstić information content (AvgIpc) is 2.92. The Morgan fingerprint density at radius 1 is 0.778 bits per heavy atom. The number of hydrogen-bond donors (Lipinski definition) is 13. The number of halogens is 5. The van der Waals surface area contributed by atoms with Gasteiger partial charge in [0.2, 0.25) is 5.91 Å². The SMILES string of the molecule is Cl.Cl.Cl.Cl.Cl.NCC[C@H](O)C(=O)N[C@@H]1C[C@H](N)[C@@H](O[C@H]2O[C@H](CN)[C@@H](O)[C@H](O)[C@H]2N)[C@H](O)[C@H]1O[C@H]1O[C@H](CO)[C@@H](O)[C@H](N)[C@H]1O. The smallest absolute Gasteiger partial charge is 0.249 e. The molecule has 0 aromatic rings. The van der Waals surface area contributed by atoms with Crippen molar-refractivity contribution in [3.05, 3.63) is 0 Å². The van der Waals surface area contributed by atoms with Crippen molar-refractivity contribution in [3.63, 3.8) is 0 Å². The molecule has 18 nitrogen and oxygen atoms in total. The first-order valence-electron chi connectivity index (χ1n) is 13.1. The van der Waals surface area contributed by atoms with E-state index < -0.39 is 110 Å². The van der Waals surface area contributed by atoms with Gasteiger partial charge in [-0.3, -0.25) is 4.79 Å². The second kappa shape index (κ2) is 22.1. The molecule has 3 fully saturated rings. The summed E-state index contributed by atoms with van der Waals surface area (Å²) in [5, 5.41) is 74.8. The Balaban J connectivity index is -0.00000353. The lowest BCUT2D eigenvalue weighted by Crippen LogP contribution is -2.70. The molecule has 2 saturated heterocycles. The molecule has 0 spiro atoms. The highest BCUT2D eigenvalue weighted by Crippen LogP contribution is 2.31. The summed E-state index contributed by atoms with van der Waals surface area (Å²) in [6.07, 6.45) is -17.1. The first kappa shape index (κ1) is 49.7. The van der Waals surface area contributed by atoms with Crippen molar-refractivity contribution < 1.29 is 59.5 Å². The molecule has 1 saturated carbocycles. The van der Waals surface area contributed by atoms with Gasteiger partial charge in [-0.25, -0.2) is 0 Å². The summed E-state index contributed by atoms with van der Waals surface area (Å²) in [7, 11) is 0. The van der Waals surface area contributed by atoms with E-state index in [1.165, 1.54) is 0 Å². The van der Waals surface area contributed by atoms with Gasteiger partial charge in [-0.2, -0.15) is 0 Å². The number of nitrogens with one attached hydrogen (secondary N) is 1. The fourth-order valence-corrected chi connectivity index (χ4v) is 5.11. The van der Waals surface area contributed by atoms with E-state index in [4.69, 9.17) is 47.6 Å². The largest absolute Gasteiger partial charge is 0.394 e. The maximum atomic E-state index is 12.6. The topological polar surface area (TPSA) is 338 Å². The second-order valence-electron chi connectivity index (χ2n) is 10.4. The zero-order chi connectivity index (χ0) is 29.9. The van der Waals surface area contributed by atoms with Crippen LogP contribution in [0.5, 0.6) is 0 Å². The Labute approximate surface area is 291 Å². The molecule has 1 aliphatic carbocycles. The van der Waals surface area contributed by atoms with E-state index in [0.29, 0.717) is 0 Å². The molecule has 3 rings (SSSR count). The maximum Gasteiger partial charge on any atom is 0.249 e. The Kier molecular flexibility index (Phi) is 24.4. The van der Waals surface area contributed by atoms with E-state index in [2.05, 4.69) is 5.32 Å². The number of aliphatic hydroxyl groups excluding tert-OH is 7. The number of amides is 1. The minimum absolute atomic E-state index is 0. The van der Waals surface area contributed by atoms with Gasteiger partial charge in [-0.15, -0.1) is 62.0 Å². The molecule has 274 valence electrons. The number of carbonyl (C=O) groups excluding carboxylic acids is 1. The van der Waals surface area contributed by atoms with Crippen LogP contribution in [-0.2, 0) is 23.7 Å². The molecule has 0 aromatic carbocycles. The molecule has 3 aliphatic rings. The number of aliphatic hydroxyl groups is 7. The summed E-state index contributed by atoms with van der Waals surface area (Å²) in [6, 6.07) is -4.61.